The Labute approximate surface area is 142 Å². The van der Waals surface area contributed by atoms with Gasteiger partial charge in [-0.15, -0.1) is 10.2 Å². The molecule has 0 aliphatic rings. The molecule has 0 spiro atoms. The van der Waals surface area contributed by atoms with Crippen LogP contribution in [0.1, 0.15) is 29.4 Å². The number of carbonyl (C=O) groups excluding carboxylic acids is 1. The molecule has 2 heterocycles. The van der Waals surface area contributed by atoms with Crippen LogP contribution in [-0.4, -0.2) is 26.8 Å². The molecule has 1 N–H and O–H groups in total. The van der Waals surface area contributed by atoms with Gasteiger partial charge in [-0.05, 0) is 25.5 Å². The summed E-state index contributed by atoms with van der Waals surface area (Å²) in [6.07, 6.45) is 1.08. The first-order chi connectivity index (χ1) is 11.2. The van der Waals surface area contributed by atoms with E-state index in [4.69, 9.17) is 0 Å². The molecule has 0 bridgehead atoms. The molecule has 5 nitrogen and oxygen atoms in total. The Balaban J connectivity index is 1.85. The van der Waals surface area contributed by atoms with E-state index in [1.165, 1.54) is 11.3 Å². The van der Waals surface area contributed by atoms with Crippen molar-refractivity contribution in [2.75, 3.05) is 11.1 Å². The number of rotatable bonds is 5. The van der Waals surface area contributed by atoms with Crippen molar-refractivity contribution in [3.8, 4) is 0 Å². The normalized spacial score (nSPS) is 10.9. The first kappa shape index (κ1) is 15.9. The Morgan fingerprint density at radius 1 is 1.30 bits per heavy atom. The standard InChI is InChI=1S/C16H16N4OS2/c1-3-8-22-16-20-19-15(23-16)18-14(21)12-9-10(2)17-13-7-5-4-6-11(12)13/h4-7,9H,3,8H2,1-2H3,(H,18,19,21). The fraction of sp³-hybridized carbons (Fsp3) is 0.250. The van der Waals surface area contributed by atoms with Crippen LogP contribution >= 0.6 is 23.1 Å². The highest BCUT2D eigenvalue weighted by molar-refractivity contribution is 8.01. The molecule has 3 rings (SSSR count). The van der Waals surface area contributed by atoms with Crippen LogP contribution in [0.3, 0.4) is 0 Å². The molecule has 0 radical (unpaired) electrons. The van der Waals surface area contributed by atoms with Crippen LogP contribution in [0.4, 0.5) is 5.13 Å². The summed E-state index contributed by atoms with van der Waals surface area (Å²) in [5.41, 5.74) is 2.23. The molecule has 1 aromatic carbocycles. The van der Waals surface area contributed by atoms with Crippen LogP contribution in [0.5, 0.6) is 0 Å². The van der Waals surface area contributed by atoms with E-state index in [0.717, 1.165) is 33.1 Å². The van der Waals surface area contributed by atoms with E-state index in [-0.39, 0.29) is 5.91 Å². The second-order valence-corrected chi connectivity index (χ2v) is 7.32. The monoisotopic (exact) mass is 344 g/mol. The average Bonchev–Trinajstić information content (AvgIpc) is 2.99. The fourth-order valence-electron chi connectivity index (χ4n) is 2.17. The average molecular weight is 344 g/mol. The zero-order chi connectivity index (χ0) is 16.2. The molecule has 0 aliphatic carbocycles. The predicted molar refractivity (Wildman–Crippen MR) is 95.4 cm³/mol. The molecule has 1 amide bonds. The minimum atomic E-state index is -0.185. The van der Waals surface area contributed by atoms with E-state index >= 15 is 0 Å². The highest BCUT2D eigenvalue weighted by atomic mass is 32.2. The van der Waals surface area contributed by atoms with Crippen LogP contribution < -0.4 is 5.32 Å². The zero-order valence-electron chi connectivity index (χ0n) is 12.9. The van der Waals surface area contributed by atoms with Gasteiger partial charge in [0.15, 0.2) is 4.34 Å². The van der Waals surface area contributed by atoms with E-state index in [0.29, 0.717) is 10.7 Å². The lowest BCUT2D eigenvalue weighted by molar-refractivity contribution is 0.102. The van der Waals surface area contributed by atoms with Gasteiger partial charge in [-0.1, -0.05) is 48.2 Å². The van der Waals surface area contributed by atoms with Crippen molar-refractivity contribution in [3.05, 3.63) is 41.6 Å². The predicted octanol–water partition coefficient (Wildman–Crippen LogP) is 4.15. The molecule has 2 aromatic heterocycles. The third kappa shape index (κ3) is 3.68. The van der Waals surface area contributed by atoms with E-state index in [1.807, 2.05) is 31.2 Å². The van der Waals surface area contributed by atoms with Gasteiger partial charge in [0, 0.05) is 16.8 Å². The summed E-state index contributed by atoms with van der Waals surface area (Å²) < 4.78 is 0.873. The van der Waals surface area contributed by atoms with Gasteiger partial charge in [0.2, 0.25) is 5.13 Å². The topological polar surface area (TPSA) is 67.8 Å². The van der Waals surface area contributed by atoms with Crippen molar-refractivity contribution < 1.29 is 4.79 Å². The van der Waals surface area contributed by atoms with Gasteiger partial charge >= 0.3 is 0 Å². The summed E-state index contributed by atoms with van der Waals surface area (Å²) in [5, 5.41) is 12.3. The molecular weight excluding hydrogens is 328 g/mol. The number of benzene rings is 1. The van der Waals surface area contributed by atoms with E-state index in [2.05, 4.69) is 27.4 Å². The number of nitrogens with one attached hydrogen (secondary N) is 1. The maximum atomic E-state index is 12.6. The lowest BCUT2D eigenvalue weighted by Gasteiger charge is -2.07. The van der Waals surface area contributed by atoms with Crippen LogP contribution in [0.2, 0.25) is 0 Å². The highest BCUT2D eigenvalue weighted by Crippen LogP contribution is 2.27. The molecular formula is C16H16N4OS2. The number of carbonyl (C=O) groups is 1. The molecule has 0 saturated heterocycles. The third-order valence-corrected chi connectivity index (χ3v) is 5.32. The largest absolute Gasteiger partial charge is 0.296 e. The van der Waals surface area contributed by atoms with Gasteiger partial charge in [0.1, 0.15) is 0 Å². The Kier molecular flexibility index (Phi) is 4.88. The number of pyridine rings is 1. The SMILES string of the molecule is CCCSc1nnc(NC(=O)c2cc(C)nc3ccccc23)s1. The maximum Gasteiger partial charge on any atom is 0.258 e. The minimum absolute atomic E-state index is 0.185. The number of aromatic nitrogens is 3. The Hall–Kier alpha value is -1.99. The number of aryl methyl sites for hydroxylation is 1. The first-order valence-electron chi connectivity index (χ1n) is 7.31. The lowest BCUT2D eigenvalue weighted by Crippen LogP contribution is -2.13. The second kappa shape index (κ2) is 7.06. The number of fused-ring (bicyclic) bond motifs is 1. The summed E-state index contributed by atoms with van der Waals surface area (Å²) in [7, 11) is 0. The van der Waals surface area contributed by atoms with E-state index in [9.17, 15) is 4.79 Å². The Morgan fingerprint density at radius 3 is 2.96 bits per heavy atom. The molecule has 0 saturated carbocycles. The fourth-order valence-corrected chi connectivity index (χ4v) is 3.84. The van der Waals surface area contributed by atoms with Crippen LogP contribution in [0.15, 0.2) is 34.7 Å². The third-order valence-electron chi connectivity index (χ3n) is 3.15. The van der Waals surface area contributed by atoms with Crippen LogP contribution in [0.25, 0.3) is 10.9 Å². The van der Waals surface area contributed by atoms with Gasteiger partial charge in [-0.3, -0.25) is 15.1 Å². The molecule has 118 valence electrons. The number of para-hydroxylation sites is 1. The highest BCUT2D eigenvalue weighted by Gasteiger charge is 2.14. The lowest BCUT2D eigenvalue weighted by atomic mass is 10.1. The number of amides is 1. The molecule has 23 heavy (non-hydrogen) atoms. The molecule has 0 unspecified atom stereocenters. The van der Waals surface area contributed by atoms with Gasteiger partial charge in [0.25, 0.3) is 5.91 Å². The number of nitrogens with zero attached hydrogens (tertiary/aromatic N) is 3. The van der Waals surface area contributed by atoms with E-state index < -0.39 is 0 Å². The molecule has 0 fully saturated rings. The van der Waals surface area contributed by atoms with Crippen molar-refractivity contribution in [1.29, 1.82) is 0 Å². The smallest absolute Gasteiger partial charge is 0.258 e. The molecule has 3 aromatic rings. The summed E-state index contributed by atoms with van der Waals surface area (Å²) in [4.78, 5) is 17.1. The van der Waals surface area contributed by atoms with Gasteiger partial charge in [0.05, 0.1) is 11.1 Å². The van der Waals surface area contributed by atoms with Crippen LogP contribution in [-0.2, 0) is 0 Å². The number of thioether (sulfide) groups is 1. The first-order valence-corrected chi connectivity index (χ1v) is 9.11. The second-order valence-electron chi connectivity index (χ2n) is 5.00. The molecule has 7 heteroatoms. The Bertz CT molecular complexity index is 847. The quantitative estimate of drug-likeness (QED) is 0.556. The van der Waals surface area contributed by atoms with Gasteiger partial charge in [-0.25, -0.2) is 0 Å². The molecule has 0 atom stereocenters. The maximum absolute atomic E-state index is 12.6. The van der Waals surface area contributed by atoms with Crippen molar-refractivity contribution in [2.24, 2.45) is 0 Å². The van der Waals surface area contributed by atoms with Crippen molar-refractivity contribution >= 4 is 45.0 Å². The van der Waals surface area contributed by atoms with Crippen molar-refractivity contribution in [2.45, 2.75) is 24.6 Å². The number of hydrogen-bond acceptors (Lipinski definition) is 6. The van der Waals surface area contributed by atoms with Crippen molar-refractivity contribution in [1.82, 2.24) is 15.2 Å². The number of hydrogen-bond donors (Lipinski definition) is 1. The molecule has 0 aliphatic heterocycles. The number of anilines is 1. The van der Waals surface area contributed by atoms with E-state index in [1.54, 1.807) is 17.8 Å². The summed E-state index contributed by atoms with van der Waals surface area (Å²) >= 11 is 3.05. The summed E-state index contributed by atoms with van der Waals surface area (Å²) in [6, 6.07) is 9.42. The van der Waals surface area contributed by atoms with Crippen LogP contribution in [0, 0.1) is 6.92 Å². The summed E-state index contributed by atoms with van der Waals surface area (Å²) in [6.45, 7) is 4.00. The minimum Gasteiger partial charge on any atom is -0.296 e. The zero-order valence-corrected chi connectivity index (χ0v) is 14.5. The van der Waals surface area contributed by atoms with Gasteiger partial charge < -0.3 is 0 Å². The summed E-state index contributed by atoms with van der Waals surface area (Å²) in [5.74, 6) is 0.812. The Morgan fingerprint density at radius 2 is 2.13 bits per heavy atom. The van der Waals surface area contributed by atoms with Crippen molar-refractivity contribution in [3.63, 3.8) is 0 Å². The van der Waals surface area contributed by atoms with Gasteiger partial charge in [-0.2, -0.15) is 0 Å².